The molecule has 0 amide bonds. The van der Waals surface area contributed by atoms with E-state index < -0.39 is 18.3 Å². The van der Waals surface area contributed by atoms with Gasteiger partial charge in [-0.15, -0.1) is 0 Å². The maximum absolute atomic E-state index is 9.20. The second kappa shape index (κ2) is 6.33. The molecule has 0 aliphatic rings. The van der Waals surface area contributed by atoms with Crippen molar-refractivity contribution in [1.29, 1.82) is 0 Å². The summed E-state index contributed by atoms with van der Waals surface area (Å²) < 4.78 is 0. The van der Waals surface area contributed by atoms with E-state index in [1.54, 1.807) is 7.05 Å². The molecule has 5 nitrogen and oxygen atoms in total. The Morgan fingerprint density at radius 3 is 2.17 bits per heavy atom. The fourth-order valence-corrected chi connectivity index (χ4v) is 0.889. The summed E-state index contributed by atoms with van der Waals surface area (Å²) in [5.74, 6) is 0. The number of likely N-dealkylation sites (N-methyl/N-ethyl adjacent to an activating group) is 1. The fraction of sp³-hybridized carbons (Fsp3) is 1.00. The zero-order chi connectivity index (χ0) is 9.56. The van der Waals surface area contributed by atoms with Crippen LogP contribution in [0.5, 0.6) is 0 Å². The Labute approximate surface area is 71.7 Å². The van der Waals surface area contributed by atoms with E-state index in [0.29, 0.717) is 0 Å². The first-order valence-electron chi connectivity index (χ1n) is 3.93. The van der Waals surface area contributed by atoms with Crippen LogP contribution in [-0.2, 0) is 0 Å². The van der Waals surface area contributed by atoms with Crippen LogP contribution in [0.3, 0.4) is 0 Å². The summed E-state index contributed by atoms with van der Waals surface area (Å²) in [6, 6.07) is 0. The molecule has 0 bridgehead atoms. The number of hydrogen-bond donors (Lipinski definition) is 5. The zero-order valence-corrected chi connectivity index (χ0v) is 7.14. The Hall–Kier alpha value is -0.200. The van der Waals surface area contributed by atoms with Gasteiger partial charge in [0.2, 0.25) is 0 Å². The highest BCUT2D eigenvalue weighted by molar-refractivity contribution is 4.75. The molecule has 2 unspecified atom stereocenters. The highest BCUT2D eigenvalue weighted by atomic mass is 16.4. The van der Waals surface area contributed by atoms with Crippen molar-refractivity contribution < 1.29 is 20.4 Å². The average Bonchev–Trinajstić information content (AvgIpc) is 2.04. The van der Waals surface area contributed by atoms with Gasteiger partial charge < -0.3 is 25.7 Å². The summed E-state index contributed by atoms with van der Waals surface area (Å²) in [5, 5.41) is 38.6. The van der Waals surface area contributed by atoms with Gasteiger partial charge in [-0.05, 0) is 13.5 Å². The Morgan fingerprint density at radius 1 is 1.17 bits per heavy atom. The summed E-state index contributed by atoms with van der Waals surface area (Å²) >= 11 is 0. The van der Waals surface area contributed by atoms with Crippen LogP contribution in [0.15, 0.2) is 0 Å². The van der Waals surface area contributed by atoms with Crippen LogP contribution >= 0.6 is 0 Å². The maximum Gasteiger partial charge on any atom is 0.107 e. The molecule has 0 aromatic rings. The first-order valence-corrected chi connectivity index (χ1v) is 3.93. The van der Waals surface area contributed by atoms with E-state index in [9.17, 15) is 5.11 Å². The zero-order valence-electron chi connectivity index (χ0n) is 7.14. The summed E-state index contributed by atoms with van der Waals surface area (Å²) in [5.41, 5.74) is 0. The topological polar surface area (TPSA) is 93.0 Å². The van der Waals surface area contributed by atoms with Crippen LogP contribution in [0, 0.1) is 0 Å². The monoisotopic (exact) mass is 179 g/mol. The van der Waals surface area contributed by atoms with Crippen LogP contribution in [0.2, 0.25) is 0 Å². The molecule has 3 atom stereocenters. The lowest BCUT2D eigenvalue weighted by atomic mass is 10.1. The molecule has 74 valence electrons. The minimum absolute atomic E-state index is 0.0714. The largest absolute Gasteiger partial charge is 0.396 e. The smallest absolute Gasteiger partial charge is 0.107 e. The lowest BCUT2D eigenvalue weighted by Crippen LogP contribution is -2.42. The van der Waals surface area contributed by atoms with Crippen LogP contribution in [0.4, 0.5) is 0 Å². The van der Waals surface area contributed by atoms with E-state index in [4.69, 9.17) is 15.3 Å². The third kappa shape index (κ3) is 3.99. The summed E-state index contributed by atoms with van der Waals surface area (Å²) in [4.78, 5) is 0. The van der Waals surface area contributed by atoms with Crippen molar-refractivity contribution in [3.63, 3.8) is 0 Å². The number of aliphatic hydroxyl groups is 4. The van der Waals surface area contributed by atoms with Crippen LogP contribution in [0.25, 0.3) is 0 Å². The van der Waals surface area contributed by atoms with Crippen molar-refractivity contribution in [3.8, 4) is 0 Å². The van der Waals surface area contributed by atoms with E-state index in [1.807, 2.05) is 0 Å². The Kier molecular flexibility index (Phi) is 6.23. The van der Waals surface area contributed by atoms with E-state index in [0.717, 1.165) is 0 Å². The second-order valence-electron chi connectivity index (χ2n) is 2.70. The lowest BCUT2D eigenvalue weighted by molar-refractivity contribution is -0.0638. The molecule has 5 N–H and O–H groups in total. The number of aliphatic hydroxyl groups excluding tert-OH is 4. The van der Waals surface area contributed by atoms with Gasteiger partial charge in [0, 0.05) is 13.2 Å². The summed E-state index contributed by atoms with van der Waals surface area (Å²) in [6.45, 7) is 0.00809. The van der Waals surface area contributed by atoms with E-state index in [2.05, 4.69) is 5.32 Å². The molecule has 5 heteroatoms. The van der Waals surface area contributed by atoms with Gasteiger partial charge in [0.05, 0.1) is 12.2 Å². The van der Waals surface area contributed by atoms with Crippen LogP contribution in [0.1, 0.15) is 6.42 Å². The van der Waals surface area contributed by atoms with Gasteiger partial charge in [-0.2, -0.15) is 0 Å². The van der Waals surface area contributed by atoms with Crippen LogP contribution < -0.4 is 5.32 Å². The van der Waals surface area contributed by atoms with Gasteiger partial charge in [0.15, 0.2) is 0 Å². The van der Waals surface area contributed by atoms with Gasteiger partial charge in [-0.25, -0.2) is 0 Å². The molecule has 0 saturated heterocycles. The molecule has 0 radical (unpaired) electrons. The third-order valence-electron chi connectivity index (χ3n) is 1.63. The van der Waals surface area contributed by atoms with Gasteiger partial charge in [-0.1, -0.05) is 0 Å². The molecule has 12 heavy (non-hydrogen) atoms. The Bertz CT molecular complexity index is 99.6. The molecule has 0 saturated carbocycles. The van der Waals surface area contributed by atoms with Gasteiger partial charge in [0.25, 0.3) is 0 Å². The highest BCUT2D eigenvalue weighted by Crippen LogP contribution is 2.02. The standard InChI is InChI=1S/C7H17NO4/c1-8-4-6(11)7(12)5(10)2-3-9/h5-12H,2-4H2,1H3/t5?,6-,7?/m0/s1. The molecule has 0 aromatic heterocycles. The maximum atomic E-state index is 9.20. The Morgan fingerprint density at radius 2 is 1.75 bits per heavy atom. The number of hydrogen-bond acceptors (Lipinski definition) is 5. The molecular formula is C7H17NO4. The first-order chi connectivity index (χ1) is 5.63. The molecule has 0 spiro atoms. The molecule has 0 aliphatic heterocycles. The molecule has 0 heterocycles. The normalized spacial score (nSPS) is 18.8. The predicted octanol–water partition coefficient (Wildman–Crippen LogP) is -2.33. The summed E-state index contributed by atoms with van der Waals surface area (Å²) in [6.07, 6.45) is -3.21. The molecule has 0 aromatic carbocycles. The number of nitrogens with one attached hydrogen (secondary N) is 1. The molecule has 0 aliphatic carbocycles. The predicted molar refractivity (Wildman–Crippen MR) is 43.6 cm³/mol. The lowest BCUT2D eigenvalue weighted by Gasteiger charge is -2.21. The van der Waals surface area contributed by atoms with Crippen molar-refractivity contribution in [3.05, 3.63) is 0 Å². The van der Waals surface area contributed by atoms with Gasteiger partial charge in [0.1, 0.15) is 6.10 Å². The minimum Gasteiger partial charge on any atom is -0.396 e. The second-order valence-corrected chi connectivity index (χ2v) is 2.70. The summed E-state index contributed by atoms with van der Waals surface area (Å²) in [7, 11) is 1.63. The average molecular weight is 179 g/mol. The Balaban J connectivity index is 3.73. The molecular weight excluding hydrogens is 162 g/mol. The van der Waals surface area contributed by atoms with Crippen molar-refractivity contribution in [1.82, 2.24) is 5.32 Å². The van der Waals surface area contributed by atoms with Crippen molar-refractivity contribution in [2.24, 2.45) is 0 Å². The highest BCUT2D eigenvalue weighted by Gasteiger charge is 2.23. The van der Waals surface area contributed by atoms with Gasteiger partial charge >= 0.3 is 0 Å². The third-order valence-corrected chi connectivity index (χ3v) is 1.63. The number of rotatable bonds is 6. The van der Waals surface area contributed by atoms with E-state index in [1.165, 1.54) is 0 Å². The van der Waals surface area contributed by atoms with Crippen molar-refractivity contribution in [2.45, 2.75) is 24.7 Å². The van der Waals surface area contributed by atoms with Crippen molar-refractivity contribution in [2.75, 3.05) is 20.2 Å². The van der Waals surface area contributed by atoms with Crippen LogP contribution in [-0.4, -0.2) is 58.9 Å². The SMILES string of the molecule is CNC[C@H](O)C(O)C(O)CCO. The van der Waals surface area contributed by atoms with Gasteiger partial charge in [-0.3, -0.25) is 0 Å². The van der Waals surface area contributed by atoms with Crippen molar-refractivity contribution >= 4 is 0 Å². The molecule has 0 rings (SSSR count). The molecule has 0 fully saturated rings. The minimum atomic E-state index is -1.20. The van der Waals surface area contributed by atoms with E-state index in [-0.39, 0.29) is 19.6 Å². The fourth-order valence-electron chi connectivity index (χ4n) is 0.889. The first kappa shape index (κ1) is 11.8. The van der Waals surface area contributed by atoms with E-state index >= 15 is 0 Å². The quantitative estimate of drug-likeness (QED) is 0.315.